The molecule has 2 rings (SSSR count). The van der Waals surface area contributed by atoms with Gasteiger partial charge in [0.15, 0.2) is 0 Å². The van der Waals surface area contributed by atoms with E-state index in [1.54, 1.807) is 0 Å². The maximum Gasteiger partial charge on any atom is 0.303 e. The molecule has 0 atom stereocenters. The maximum absolute atomic E-state index is 10.6. The summed E-state index contributed by atoms with van der Waals surface area (Å²) in [6.45, 7) is 6.82. The van der Waals surface area contributed by atoms with Gasteiger partial charge in [0.05, 0.1) is 6.61 Å². The molecule has 126 valence electrons. The molecule has 3 heteroatoms. The van der Waals surface area contributed by atoms with E-state index in [4.69, 9.17) is 9.84 Å². The zero-order valence-electron chi connectivity index (χ0n) is 14.2. The molecule has 0 bridgehead atoms. The van der Waals surface area contributed by atoms with E-state index in [9.17, 15) is 4.79 Å². The van der Waals surface area contributed by atoms with Gasteiger partial charge in [-0.15, -0.1) is 0 Å². The van der Waals surface area contributed by atoms with Crippen LogP contribution in [0.4, 0.5) is 0 Å². The highest BCUT2D eigenvalue weighted by Crippen LogP contribution is 2.36. The maximum atomic E-state index is 10.6. The Kier molecular flexibility index (Phi) is 6.69. The molecule has 0 amide bonds. The number of aryl methyl sites for hydroxylation is 2. The molecule has 0 fully saturated rings. The molecule has 3 nitrogen and oxygen atoms in total. The second-order valence-electron chi connectivity index (χ2n) is 6.38. The van der Waals surface area contributed by atoms with Crippen LogP contribution in [0.25, 0.3) is 5.57 Å². The fourth-order valence-electron chi connectivity index (χ4n) is 3.11. The second-order valence-corrected chi connectivity index (χ2v) is 6.38. The van der Waals surface area contributed by atoms with Crippen molar-refractivity contribution in [2.24, 2.45) is 0 Å². The van der Waals surface area contributed by atoms with Gasteiger partial charge in [0.2, 0.25) is 0 Å². The number of carboxylic acids is 1. The molecule has 0 aromatic heterocycles. The molecular formula is C20H28O3. The van der Waals surface area contributed by atoms with Crippen LogP contribution < -0.4 is 4.74 Å². The molecule has 0 heterocycles. The number of benzene rings is 1. The second kappa shape index (κ2) is 8.76. The van der Waals surface area contributed by atoms with Gasteiger partial charge < -0.3 is 9.84 Å². The van der Waals surface area contributed by atoms with E-state index in [1.165, 1.54) is 47.9 Å². The third kappa shape index (κ3) is 5.12. The van der Waals surface area contributed by atoms with Crippen molar-refractivity contribution >= 4 is 11.5 Å². The van der Waals surface area contributed by atoms with Gasteiger partial charge in [-0.2, -0.15) is 0 Å². The van der Waals surface area contributed by atoms with Crippen LogP contribution in [0.2, 0.25) is 0 Å². The number of carboxylic acid groups (broad SMARTS) is 1. The summed E-state index contributed by atoms with van der Waals surface area (Å²) in [5, 5.41) is 8.73. The third-order valence-corrected chi connectivity index (χ3v) is 4.46. The van der Waals surface area contributed by atoms with E-state index in [-0.39, 0.29) is 6.42 Å². The van der Waals surface area contributed by atoms with Crippen LogP contribution in [-0.4, -0.2) is 17.7 Å². The molecule has 1 aliphatic carbocycles. The third-order valence-electron chi connectivity index (χ3n) is 4.46. The molecule has 0 radical (unpaired) electrons. The fourth-order valence-corrected chi connectivity index (χ4v) is 3.11. The molecule has 23 heavy (non-hydrogen) atoms. The van der Waals surface area contributed by atoms with Crippen molar-refractivity contribution in [1.29, 1.82) is 0 Å². The van der Waals surface area contributed by atoms with E-state index in [0.29, 0.717) is 13.0 Å². The first kappa shape index (κ1) is 17.6. The number of carbonyl (C=O) groups is 1. The van der Waals surface area contributed by atoms with Crippen molar-refractivity contribution < 1.29 is 14.6 Å². The van der Waals surface area contributed by atoms with Crippen molar-refractivity contribution in [2.45, 2.75) is 64.7 Å². The topological polar surface area (TPSA) is 46.5 Å². The summed E-state index contributed by atoms with van der Waals surface area (Å²) in [4.78, 5) is 10.6. The normalized spacial score (nSPS) is 13.2. The Morgan fingerprint density at radius 2 is 2.04 bits per heavy atom. The lowest BCUT2D eigenvalue weighted by atomic mass is 9.99. The number of unbranched alkanes of at least 4 members (excludes halogenated alkanes) is 3. The van der Waals surface area contributed by atoms with Crippen LogP contribution in [0, 0.1) is 0 Å². The molecular weight excluding hydrogens is 288 g/mol. The molecule has 1 N–H and O–H groups in total. The number of aliphatic carboxylic acids is 1. The lowest BCUT2D eigenvalue weighted by Gasteiger charge is -2.14. The van der Waals surface area contributed by atoms with Gasteiger partial charge in [-0.3, -0.25) is 4.79 Å². The van der Waals surface area contributed by atoms with Gasteiger partial charge in [0, 0.05) is 6.42 Å². The van der Waals surface area contributed by atoms with Gasteiger partial charge in [0.1, 0.15) is 5.75 Å². The fraction of sp³-hybridized carbons (Fsp3) is 0.550. The average molecular weight is 316 g/mol. The summed E-state index contributed by atoms with van der Waals surface area (Å²) in [6, 6.07) is 4.41. The molecule has 1 aliphatic rings. The Bertz CT molecular complexity index is 560. The zero-order valence-corrected chi connectivity index (χ0v) is 14.2. The van der Waals surface area contributed by atoms with Crippen LogP contribution in [-0.2, 0) is 17.6 Å². The van der Waals surface area contributed by atoms with Gasteiger partial charge in [-0.25, -0.2) is 0 Å². The van der Waals surface area contributed by atoms with E-state index in [1.807, 2.05) is 0 Å². The minimum absolute atomic E-state index is 0.156. The highest BCUT2D eigenvalue weighted by molar-refractivity contribution is 5.72. The van der Waals surface area contributed by atoms with Crippen molar-refractivity contribution in [3.63, 3.8) is 0 Å². The Morgan fingerprint density at radius 3 is 2.78 bits per heavy atom. The van der Waals surface area contributed by atoms with Crippen molar-refractivity contribution in [3.8, 4) is 5.75 Å². The molecule has 0 spiro atoms. The molecule has 0 saturated carbocycles. The number of rotatable bonds is 10. The van der Waals surface area contributed by atoms with E-state index in [0.717, 1.165) is 25.0 Å². The first-order valence-electron chi connectivity index (χ1n) is 8.80. The van der Waals surface area contributed by atoms with Crippen LogP contribution >= 0.6 is 0 Å². The predicted molar refractivity (Wildman–Crippen MR) is 94.0 cm³/mol. The molecule has 0 saturated heterocycles. The van der Waals surface area contributed by atoms with Crippen LogP contribution in [0.5, 0.6) is 5.75 Å². The lowest BCUT2D eigenvalue weighted by molar-refractivity contribution is -0.137. The summed E-state index contributed by atoms with van der Waals surface area (Å²) in [5.74, 6) is 0.157. The van der Waals surface area contributed by atoms with Gasteiger partial charge in [0.25, 0.3) is 0 Å². The highest BCUT2D eigenvalue weighted by Gasteiger charge is 2.18. The number of hydrogen-bond acceptors (Lipinski definition) is 2. The first-order valence-corrected chi connectivity index (χ1v) is 8.80. The number of allylic oxidation sites excluding steroid dienone is 1. The van der Waals surface area contributed by atoms with E-state index >= 15 is 0 Å². The summed E-state index contributed by atoms with van der Waals surface area (Å²) in [7, 11) is 0. The predicted octanol–water partition coefficient (Wildman–Crippen LogP) is 5.01. The number of fused-ring (bicyclic) bond motifs is 1. The summed E-state index contributed by atoms with van der Waals surface area (Å²) >= 11 is 0. The van der Waals surface area contributed by atoms with Crippen molar-refractivity contribution in [1.82, 2.24) is 0 Å². The smallest absolute Gasteiger partial charge is 0.303 e. The molecule has 0 unspecified atom stereocenters. The SMILES string of the molecule is C=C1CCc2cc(CCCCCC)c(OCCCC(=O)O)cc21. The highest BCUT2D eigenvalue weighted by atomic mass is 16.5. The largest absolute Gasteiger partial charge is 0.493 e. The van der Waals surface area contributed by atoms with Crippen molar-refractivity contribution in [3.05, 3.63) is 35.4 Å². The summed E-state index contributed by atoms with van der Waals surface area (Å²) < 4.78 is 5.91. The van der Waals surface area contributed by atoms with Crippen LogP contribution in [0.15, 0.2) is 18.7 Å². The minimum atomic E-state index is -0.768. The van der Waals surface area contributed by atoms with Crippen LogP contribution in [0.1, 0.15) is 68.6 Å². The number of ether oxygens (including phenoxy) is 1. The van der Waals surface area contributed by atoms with Gasteiger partial charge in [-0.05, 0) is 60.4 Å². The Hall–Kier alpha value is -1.77. The molecule has 1 aromatic rings. The molecule has 0 aliphatic heterocycles. The quantitative estimate of drug-likeness (QED) is 0.617. The van der Waals surface area contributed by atoms with Gasteiger partial charge >= 0.3 is 5.97 Å². The average Bonchev–Trinajstić information content (AvgIpc) is 2.88. The summed E-state index contributed by atoms with van der Waals surface area (Å²) in [5.41, 5.74) is 5.08. The van der Waals surface area contributed by atoms with Crippen LogP contribution in [0.3, 0.4) is 0 Å². The number of hydrogen-bond donors (Lipinski definition) is 1. The Morgan fingerprint density at radius 1 is 1.22 bits per heavy atom. The monoisotopic (exact) mass is 316 g/mol. The standard InChI is InChI=1S/C20H28O3/c1-3-4-5-6-8-17-13-16-11-10-15(2)18(16)14-19(17)23-12-7-9-20(21)22/h13-14H,2-12H2,1H3,(H,21,22). The Balaban J connectivity index is 2.04. The molecule has 1 aromatic carbocycles. The van der Waals surface area contributed by atoms with E-state index in [2.05, 4.69) is 25.6 Å². The Labute approximate surface area is 139 Å². The first-order chi connectivity index (χ1) is 11.1. The van der Waals surface area contributed by atoms with Crippen molar-refractivity contribution in [2.75, 3.05) is 6.61 Å². The van der Waals surface area contributed by atoms with E-state index < -0.39 is 5.97 Å². The minimum Gasteiger partial charge on any atom is -0.493 e. The lowest BCUT2D eigenvalue weighted by Crippen LogP contribution is -2.04. The van der Waals surface area contributed by atoms with Gasteiger partial charge in [-0.1, -0.05) is 38.8 Å². The zero-order chi connectivity index (χ0) is 16.7. The summed E-state index contributed by atoms with van der Waals surface area (Å²) in [6.07, 6.45) is 8.79.